The first-order chi connectivity index (χ1) is 8.10. The Hall–Kier alpha value is -0.680. The molecule has 0 saturated heterocycles. The molecular weight excluding hydrogens is 252 g/mol. The minimum absolute atomic E-state index is 0.0496. The molecule has 0 saturated carbocycles. The lowest BCUT2D eigenvalue weighted by atomic mass is 9.69. The molecule has 0 aliphatic heterocycles. The van der Waals surface area contributed by atoms with E-state index >= 15 is 0 Å². The van der Waals surface area contributed by atoms with E-state index < -0.39 is 10.1 Å². The van der Waals surface area contributed by atoms with Crippen LogP contribution in [-0.2, 0) is 14.9 Å². The summed E-state index contributed by atoms with van der Waals surface area (Å²) in [6.07, 6.45) is 4.81. The number of rotatable bonds is 5. The van der Waals surface area contributed by atoms with Crippen molar-refractivity contribution in [2.75, 3.05) is 5.75 Å². The van der Waals surface area contributed by atoms with Crippen LogP contribution in [0, 0.1) is 11.3 Å². The van der Waals surface area contributed by atoms with Gasteiger partial charge in [-0.05, 0) is 37.5 Å². The third-order valence-corrected chi connectivity index (χ3v) is 4.42. The molecule has 0 aromatic heterocycles. The summed E-state index contributed by atoms with van der Waals surface area (Å²) in [4.78, 5) is 11.2. The van der Waals surface area contributed by atoms with Gasteiger partial charge in [0.15, 0.2) is 0 Å². The van der Waals surface area contributed by atoms with Crippen LogP contribution < -0.4 is 0 Å². The van der Waals surface area contributed by atoms with Gasteiger partial charge in [-0.15, -0.1) is 0 Å². The monoisotopic (exact) mass is 274 g/mol. The first-order valence-electron chi connectivity index (χ1n) is 6.23. The van der Waals surface area contributed by atoms with Crippen LogP contribution in [0.5, 0.6) is 0 Å². The van der Waals surface area contributed by atoms with Crippen molar-refractivity contribution in [1.82, 2.24) is 0 Å². The number of carbonyl (C=O) groups excluding carboxylic acids is 1. The highest BCUT2D eigenvalue weighted by molar-refractivity contribution is 7.85. The van der Waals surface area contributed by atoms with E-state index in [1.807, 2.05) is 6.08 Å². The zero-order valence-electron chi connectivity index (χ0n) is 11.3. The Labute approximate surface area is 109 Å². The summed E-state index contributed by atoms with van der Waals surface area (Å²) in [5.41, 5.74) is 0.735. The smallest absolute Gasteiger partial charge is 0.268 e. The van der Waals surface area contributed by atoms with E-state index in [1.54, 1.807) is 6.92 Å². The van der Waals surface area contributed by atoms with Crippen molar-refractivity contribution in [2.45, 2.75) is 46.5 Å². The first kappa shape index (κ1) is 15.4. The van der Waals surface area contributed by atoms with Crippen LogP contribution in [0.15, 0.2) is 11.6 Å². The largest absolute Gasteiger partial charge is 0.300 e. The molecule has 0 aromatic carbocycles. The zero-order chi connectivity index (χ0) is 14.0. The van der Waals surface area contributed by atoms with Crippen LogP contribution in [0.2, 0.25) is 0 Å². The van der Waals surface area contributed by atoms with Crippen molar-refractivity contribution in [3.05, 3.63) is 11.6 Å². The highest BCUT2D eigenvalue weighted by Gasteiger charge is 2.32. The number of allylic oxidation sites excluding steroid dienone is 1. The second kappa shape index (κ2) is 5.53. The molecular formula is C13H22O4S. The standard InChI is InChI=1S/C13H22O4S/c1-10(14)8-13(2,3)12-6-4-11(5-7-12)9-18(15,16)17/h4,12H,5-9H2,1-3H3,(H,15,16,17)/t12-/m1/s1. The molecule has 0 spiro atoms. The van der Waals surface area contributed by atoms with Crippen molar-refractivity contribution in [3.63, 3.8) is 0 Å². The molecule has 1 aliphatic rings. The van der Waals surface area contributed by atoms with Gasteiger partial charge in [-0.2, -0.15) is 8.42 Å². The maximum Gasteiger partial charge on any atom is 0.268 e. The van der Waals surface area contributed by atoms with Gasteiger partial charge in [0, 0.05) is 6.42 Å². The number of hydrogen-bond acceptors (Lipinski definition) is 3. The summed E-state index contributed by atoms with van der Waals surface area (Å²) < 4.78 is 30.4. The SMILES string of the molecule is CC(=O)CC(C)(C)[C@@H]1CC=C(CS(=O)(=O)O)CC1. The predicted octanol–water partition coefficient (Wildman–Crippen LogP) is 2.61. The maximum absolute atomic E-state index is 11.2. The Kier molecular flexibility index (Phi) is 4.72. The summed E-state index contributed by atoms with van der Waals surface area (Å²) in [5.74, 6) is 0.326. The summed E-state index contributed by atoms with van der Waals surface area (Å²) in [6.45, 7) is 5.77. The lowest BCUT2D eigenvalue weighted by Crippen LogP contribution is -2.28. The topological polar surface area (TPSA) is 71.4 Å². The Morgan fingerprint density at radius 1 is 1.50 bits per heavy atom. The Bertz CT molecular complexity index is 446. The van der Waals surface area contributed by atoms with Gasteiger partial charge in [0.25, 0.3) is 10.1 Å². The van der Waals surface area contributed by atoms with Gasteiger partial charge < -0.3 is 4.79 Å². The fourth-order valence-corrected chi connectivity index (χ4v) is 3.48. The highest BCUT2D eigenvalue weighted by Crippen LogP contribution is 2.40. The molecule has 0 amide bonds. The quantitative estimate of drug-likeness (QED) is 0.618. The number of carbonyl (C=O) groups is 1. The van der Waals surface area contributed by atoms with Gasteiger partial charge in [0.2, 0.25) is 0 Å². The predicted molar refractivity (Wildman–Crippen MR) is 70.9 cm³/mol. The van der Waals surface area contributed by atoms with Crippen LogP contribution in [0.3, 0.4) is 0 Å². The van der Waals surface area contributed by atoms with E-state index in [0.717, 1.165) is 18.4 Å². The fourth-order valence-electron chi connectivity index (χ4n) is 2.75. The van der Waals surface area contributed by atoms with Crippen LogP contribution in [0.1, 0.15) is 46.5 Å². The average molecular weight is 274 g/mol. The van der Waals surface area contributed by atoms with Crippen molar-refractivity contribution in [3.8, 4) is 0 Å². The highest BCUT2D eigenvalue weighted by atomic mass is 32.2. The van der Waals surface area contributed by atoms with E-state index in [-0.39, 0.29) is 17.0 Å². The molecule has 1 N–H and O–H groups in total. The molecule has 5 heteroatoms. The molecule has 0 unspecified atom stereocenters. The molecule has 0 fully saturated rings. The van der Waals surface area contributed by atoms with Gasteiger partial charge in [0.05, 0.1) is 5.75 Å². The molecule has 0 heterocycles. The summed E-state index contributed by atoms with van der Waals surface area (Å²) in [6, 6.07) is 0. The van der Waals surface area contributed by atoms with Crippen LogP contribution in [0.4, 0.5) is 0 Å². The minimum Gasteiger partial charge on any atom is -0.300 e. The Balaban J connectivity index is 2.65. The summed E-state index contributed by atoms with van der Waals surface area (Å²) in [5, 5.41) is 0. The molecule has 0 bridgehead atoms. The lowest BCUT2D eigenvalue weighted by Gasteiger charge is -2.35. The van der Waals surface area contributed by atoms with Gasteiger partial charge in [-0.25, -0.2) is 0 Å². The molecule has 4 nitrogen and oxygen atoms in total. The minimum atomic E-state index is -3.92. The molecule has 1 rings (SSSR count). The Morgan fingerprint density at radius 3 is 2.50 bits per heavy atom. The maximum atomic E-state index is 11.2. The molecule has 1 aliphatic carbocycles. The van der Waals surface area contributed by atoms with Gasteiger partial charge in [-0.1, -0.05) is 25.5 Å². The summed E-state index contributed by atoms with van der Waals surface area (Å²) >= 11 is 0. The Morgan fingerprint density at radius 2 is 2.11 bits per heavy atom. The average Bonchev–Trinajstić information content (AvgIpc) is 2.13. The third kappa shape index (κ3) is 4.90. The van der Waals surface area contributed by atoms with Crippen molar-refractivity contribution >= 4 is 15.9 Å². The zero-order valence-corrected chi connectivity index (χ0v) is 12.1. The van der Waals surface area contributed by atoms with Gasteiger partial charge >= 0.3 is 0 Å². The van der Waals surface area contributed by atoms with Crippen LogP contribution in [0.25, 0.3) is 0 Å². The first-order valence-corrected chi connectivity index (χ1v) is 7.83. The molecule has 18 heavy (non-hydrogen) atoms. The van der Waals surface area contributed by atoms with E-state index in [9.17, 15) is 13.2 Å². The van der Waals surface area contributed by atoms with E-state index in [0.29, 0.717) is 18.8 Å². The molecule has 104 valence electrons. The van der Waals surface area contributed by atoms with Crippen molar-refractivity contribution in [2.24, 2.45) is 11.3 Å². The normalized spacial score (nSPS) is 21.6. The second-order valence-corrected chi connectivity index (χ2v) is 7.38. The van der Waals surface area contributed by atoms with E-state index in [2.05, 4.69) is 13.8 Å². The summed E-state index contributed by atoms with van der Waals surface area (Å²) in [7, 11) is -3.92. The number of Topliss-reactive ketones (excluding diaryl/α,β-unsaturated/α-hetero) is 1. The fraction of sp³-hybridized carbons (Fsp3) is 0.769. The number of ketones is 1. The molecule has 0 aromatic rings. The van der Waals surface area contributed by atoms with E-state index in [4.69, 9.17) is 4.55 Å². The molecule has 1 atom stereocenters. The van der Waals surface area contributed by atoms with Gasteiger partial charge in [0.1, 0.15) is 5.78 Å². The van der Waals surface area contributed by atoms with Crippen LogP contribution >= 0.6 is 0 Å². The second-order valence-electron chi connectivity index (χ2n) is 5.93. The number of hydrogen-bond donors (Lipinski definition) is 1. The lowest BCUT2D eigenvalue weighted by molar-refractivity contribution is -0.119. The third-order valence-electron chi connectivity index (χ3n) is 3.68. The van der Waals surface area contributed by atoms with E-state index in [1.165, 1.54) is 0 Å². The van der Waals surface area contributed by atoms with Crippen molar-refractivity contribution in [1.29, 1.82) is 0 Å². The van der Waals surface area contributed by atoms with Gasteiger partial charge in [-0.3, -0.25) is 4.55 Å². The van der Waals surface area contributed by atoms with Crippen LogP contribution in [-0.4, -0.2) is 24.5 Å². The van der Waals surface area contributed by atoms with Crippen molar-refractivity contribution < 1.29 is 17.8 Å². The molecule has 0 radical (unpaired) electrons.